The van der Waals surface area contributed by atoms with Gasteiger partial charge in [0.2, 0.25) is 0 Å². The van der Waals surface area contributed by atoms with Crippen LogP contribution in [0.1, 0.15) is 6.92 Å². The van der Waals surface area contributed by atoms with E-state index >= 15 is 0 Å². The number of hydrogen-bond donors (Lipinski definition) is 0. The highest BCUT2D eigenvalue weighted by Crippen LogP contribution is 1.85. The van der Waals surface area contributed by atoms with E-state index in [2.05, 4.69) is 11.3 Å². The van der Waals surface area contributed by atoms with E-state index in [4.69, 9.17) is 0 Å². The summed E-state index contributed by atoms with van der Waals surface area (Å²) in [5.74, 6) is 0.125. The van der Waals surface area contributed by atoms with Gasteiger partial charge in [0.25, 0.3) is 6.16 Å². The van der Waals surface area contributed by atoms with Gasteiger partial charge in [0.05, 0.1) is 0 Å². The van der Waals surface area contributed by atoms with Crippen LogP contribution in [0.15, 0.2) is 12.3 Å². The van der Waals surface area contributed by atoms with Crippen molar-refractivity contribution >= 4 is 6.16 Å². The SMILES string of the molecule is C=C(C)OC(=O)[O-]. The quantitative estimate of drug-likeness (QED) is 0.341. The molecule has 0 unspecified atom stereocenters. The van der Waals surface area contributed by atoms with Gasteiger partial charge in [-0.3, -0.25) is 0 Å². The van der Waals surface area contributed by atoms with Crippen molar-refractivity contribution < 1.29 is 14.6 Å². The molecule has 0 radical (unpaired) electrons. The van der Waals surface area contributed by atoms with Gasteiger partial charge in [0, 0.05) is 5.76 Å². The van der Waals surface area contributed by atoms with Crippen LogP contribution in [0.3, 0.4) is 0 Å². The molecule has 0 aliphatic heterocycles. The maximum atomic E-state index is 9.42. The van der Waals surface area contributed by atoms with Crippen LogP contribution in [0.25, 0.3) is 0 Å². The van der Waals surface area contributed by atoms with Gasteiger partial charge >= 0.3 is 0 Å². The third-order valence-electron chi connectivity index (χ3n) is 0.258. The van der Waals surface area contributed by atoms with E-state index in [0.29, 0.717) is 0 Å². The van der Waals surface area contributed by atoms with E-state index in [-0.39, 0.29) is 5.76 Å². The molecule has 0 saturated heterocycles. The summed E-state index contributed by atoms with van der Waals surface area (Å²) in [4.78, 5) is 9.42. The van der Waals surface area contributed by atoms with Crippen LogP contribution in [-0.4, -0.2) is 6.16 Å². The summed E-state index contributed by atoms with van der Waals surface area (Å²) >= 11 is 0. The van der Waals surface area contributed by atoms with E-state index in [1.807, 2.05) is 0 Å². The highest BCUT2D eigenvalue weighted by atomic mass is 16.7. The van der Waals surface area contributed by atoms with Crippen molar-refractivity contribution in [2.45, 2.75) is 6.92 Å². The van der Waals surface area contributed by atoms with Crippen LogP contribution in [0.4, 0.5) is 4.79 Å². The summed E-state index contributed by atoms with van der Waals surface area (Å²) in [7, 11) is 0. The molecule has 0 rings (SSSR count). The average Bonchev–Trinajstić information content (AvgIpc) is 1.27. The van der Waals surface area contributed by atoms with Crippen LogP contribution in [0.2, 0.25) is 0 Å². The minimum absolute atomic E-state index is 0.125. The number of allylic oxidation sites excluding steroid dienone is 1. The molecule has 0 amide bonds. The van der Waals surface area contributed by atoms with E-state index in [1.54, 1.807) is 0 Å². The Balaban J connectivity index is 3.32. The van der Waals surface area contributed by atoms with Gasteiger partial charge in [0.1, 0.15) is 0 Å². The molecule has 0 atom stereocenters. The summed E-state index contributed by atoms with van der Waals surface area (Å²) in [6.45, 7) is 4.58. The zero-order chi connectivity index (χ0) is 5.86. The second-order valence-corrected chi connectivity index (χ2v) is 1.05. The Kier molecular flexibility index (Phi) is 1.91. The molecule has 3 nitrogen and oxygen atoms in total. The van der Waals surface area contributed by atoms with Gasteiger partial charge in [0.15, 0.2) is 0 Å². The highest BCUT2D eigenvalue weighted by Gasteiger charge is 1.77. The predicted molar refractivity (Wildman–Crippen MR) is 21.3 cm³/mol. The van der Waals surface area contributed by atoms with Crippen LogP contribution in [0, 0.1) is 0 Å². The van der Waals surface area contributed by atoms with Crippen LogP contribution in [-0.2, 0) is 4.74 Å². The fourth-order valence-electron chi connectivity index (χ4n) is 0.142. The van der Waals surface area contributed by atoms with Gasteiger partial charge < -0.3 is 14.6 Å². The predicted octanol–water partition coefficient (Wildman–Crippen LogP) is -0.120. The second kappa shape index (κ2) is 2.23. The molecule has 0 aromatic rings. The smallest absolute Gasteiger partial charge is 0.256 e. The van der Waals surface area contributed by atoms with Gasteiger partial charge in [-0.05, 0) is 6.92 Å². The molecule has 7 heavy (non-hydrogen) atoms. The Morgan fingerprint density at radius 3 is 2.29 bits per heavy atom. The lowest BCUT2D eigenvalue weighted by Crippen LogP contribution is -2.22. The molecule has 0 aliphatic carbocycles. The third-order valence-corrected chi connectivity index (χ3v) is 0.258. The lowest BCUT2D eigenvalue weighted by Gasteiger charge is -2.03. The summed E-state index contributed by atoms with van der Waals surface area (Å²) < 4.78 is 3.86. The summed E-state index contributed by atoms with van der Waals surface area (Å²) in [6, 6.07) is 0. The van der Waals surface area contributed by atoms with E-state index in [1.165, 1.54) is 6.92 Å². The number of ether oxygens (including phenoxy) is 1. The first-order chi connectivity index (χ1) is 3.13. The standard InChI is InChI=1S/C4H6O3/c1-3(2)7-4(5)6/h1H2,2H3,(H,5,6)/p-1. The molecular weight excluding hydrogens is 96.0 g/mol. The fraction of sp³-hybridized carbons (Fsp3) is 0.250. The van der Waals surface area contributed by atoms with Crippen molar-refractivity contribution in [1.82, 2.24) is 0 Å². The molecule has 0 saturated carbocycles. The van der Waals surface area contributed by atoms with Gasteiger partial charge in [-0.25, -0.2) is 0 Å². The van der Waals surface area contributed by atoms with Crippen molar-refractivity contribution in [2.24, 2.45) is 0 Å². The van der Waals surface area contributed by atoms with E-state index in [0.717, 1.165) is 0 Å². The van der Waals surface area contributed by atoms with Crippen molar-refractivity contribution in [3.8, 4) is 0 Å². The molecule has 0 N–H and O–H groups in total. The first-order valence-electron chi connectivity index (χ1n) is 1.67. The van der Waals surface area contributed by atoms with E-state index < -0.39 is 6.16 Å². The monoisotopic (exact) mass is 101 g/mol. The van der Waals surface area contributed by atoms with Gasteiger partial charge in [-0.2, -0.15) is 0 Å². The number of rotatable bonds is 1. The number of carbonyl (C=O) groups is 1. The number of hydrogen-bond acceptors (Lipinski definition) is 3. The third kappa shape index (κ3) is 5.01. The molecule has 0 aliphatic rings. The molecule has 0 bridgehead atoms. The molecule has 0 fully saturated rings. The molecule has 40 valence electrons. The van der Waals surface area contributed by atoms with Gasteiger partial charge in [-0.15, -0.1) is 0 Å². The number of carbonyl (C=O) groups excluding carboxylic acids is 1. The zero-order valence-electron chi connectivity index (χ0n) is 3.93. The van der Waals surface area contributed by atoms with E-state index in [9.17, 15) is 9.90 Å². The van der Waals surface area contributed by atoms with Gasteiger partial charge in [-0.1, -0.05) is 6.58 Å². The average molecular weight is 101 g/mol. The number of carboxylic acid groups (broad SMARTS) is 1. The first kappa shape index (κ1) is 6.01. The Bertz CT molecular complexity index is 83.1. The molecule has 0 aromatic heterocycles. The van der Waals surface area contributed by atoms with Crippen molar-refractivity contribution in [3.63, 3.8) is 0 Å². The minimum Gasteiger partial charge on any atom is -0.519 e. The normalized spacial score (nSPS) is 7.57. The Hall–Kier alpha value is -0.990. The highest BCUT2D eigenvalue weighted by molar-refractivity contribution is 5.55. The van der Waals surface area contributed by atoms with Crippen molar-refractivity contribution in [2.75, 3.05) is 0 Å². The summed E-state index contributed by atoms with van der Waals surface area (Å²) in [6.07, 6.45) is -1.56. The minimum atomic E-state index is -1.56. The maximum Gasteiger partial charge on any atom is 0.256 e. The Labute approximate surface area is 41.2 Å². The molecule has 3 heteroatoms. The van der Waals surface area contributed by atoms with Crippen LogP contribution in [0.5, 0.6) is 0 Å². The molecular formula is C4H5O3-. The molecule has 0 aromatic carbocycles. The first-order valence-corrected chi connectivity index (χ1v) is 1.67. The van der Waals surface area contributed by atoms with Crippen molar-refractivity contribution in [1.29, 1.82) is 0 Å². The van der Waals surface area contributed by atoms with Crippen LogP contribution < -0.4 is 5.11 Å². The lowest BCUT2D eigenvalue weighted by molar-refractivity contribution is -0.277. The lowest BCUT2D eigenvalue weighted by atomic mass is 10.7. The topological polar surface area (TPSA) is 49.4 Å². The van der Waals surface area contributed by atoms with Crippen molar-refractivity contribution in [3.05, 3.63) is 12.3 Å². The van der Waals surface area contributed by atoms with Crippen LogP contribution >= 0.6 is 0 Å². The zero-order valence-corrected chi connectivity index (χ0v) is 3.93. The maximum absolute atomic E-state index is 9.42. The summed E-state index contributed by atoms with van der Waals surface area (Å²) in [5.41, 5.74) is 0. The summed E-state index contributed by atoms with van der Waals surface area (Å²) in [5, 5.41) is 9.42. The fourth-order valence-corrected chi connectivity index (χ4v) is 0.142. The largest absolute Gasteiger partial charge is 0.519 e. The molecule has 0 heterocycles. The Morgan fingerprint density at radius 2 is 2.29 bits per heavy atom. The second-order valence-electron chi connectivity index (χ2n) is 1.05. The molecule has 0 spiro atoms. The Morgan fingerprint density at radius 1 is 1.86 bits per heavy atom.